The summed E-state index contributed by atoms with van der Waals surface area (Å²) in [6.07, 6.45) is 8.27. The number of aromatic nitrogens is 1. The largest absolute Gasteiger partial charge is 0.382 e. The third-order valence-electron chi connectivity index (χ3n) is 6.68. The molecule has 0 bridgehead atoms. The maximum Gasteiger partial charge on any atom is 0.191 e. The SMILES string of the molecule is CCNC(=NCc1ccnc(N2CCN(C)CC2)c1)NCC1(CCOCC)CCCC1.I. The first kappa shape index (κ1) is 27.1. The van der Waals surface area contributed by atoms with Crippen LogP contribution in [0, 0.1) is 5.41 Å². The first-order valence-corrected chi connectivity index (χ1v) is 12.1. The molecule has 1 saturated heterocycles. The predicted octanol–water partition coefficient (Wildman–Crippen LogP) is 3.49. The second kappa shape index (κ2) is 14.2. The van der Waals surface area contributed by atoms with Gasteiger partial charge in [-0.25, -0.2) is 9.98 Å². The minimum absolute atomic E-state index is 0. The molecule has 0 amide bonds. The van der Waals surface area contributed by atoms with Gasteiger partial charge < -0.3 is 25.2 Å². The number of rotatable bonds is 10. The number of guanidine groups is 1. The van der Waals surface area contributed by atoms with Gasteiger partial charge in [0.2, 0.25) is 0 Å². The fraction of sp³-hybridized carbons (Fsp3) is 0.750. The zero-order valence-electron chi connectivity index (χ0n) is 20.2. The molecule has 182 valence electrons. The van der Waals surface area contributed by atoms with E-state index >= 15 is 0 Å². The fourth-order valence-corrected chi connectivity index (χ4v) is 4.62. The normalized spacial score (nSPS) is 19.0. The van der Waals surface area contributed by atoms with Crippen molar-refractivity contribution >= 4 is 35.8 Å². The molecule has 1 aromatic heterocycles. The Morgan fingerprint density at radius 1 is 1.16 bits per heavy atom. The molecule has 32 heavy (non-hydrogen) atoms. The Kier molecular flexibility index (Phi) is 12.0. The van der Waals surface area contributed by atoms with E-state index in [4.69, 9.17) is 9.73 Å². The van der Waals surface area contributed by atoms with Crippen LogP contribution in [0.4, 0.5) is 5.82 Å². The van der Waals surface area contributed by atoms with Crippen LogP contribution in [0.3, 0.4) is 0 Å². The standard InChI is InChI=1S/C24H42N6O.HI/c1-4-25-23(28-20-24(9-6-7-10-24)11-17-31-5-2)27-19-21-8-12-26-22(18-21)30-15-13-29(3)14-16-30;/h8,12,18H,4-7,9-11,13-17,19-20H2,1-3H3,(H2,25,27,28);1H. The Labute approximate surface area is 211 Å². The van der Waals surface area contributed by atoms with Gasteiger partial charge in [0.05, 0.1) is 6.54 Å². The van der Waals surface area contributed by atoms with Gasteiger partial charge in [0.15, 0.2) is 5.96 Å². The lowest BCUT2D eigenvalue weighted by Gasteiger charge is -2.33. The van der Waals surface area contributed by atoms with Gasteiger partial charge in [0.1, 0.15) is 5.82 Å². The highest BCUT2D eigenvalue weighted by atomic mass is 127. The van der Waals surface area contributed by atoms with E-state index in [-0.39, 0.29) is 24.0 Å². The van der Waals surface area contributed by atoms with E-state index in [0.29, 0.717) is 12.0 Å². The van der Waals surface area contributed by atoms with Crippen molar-refractivity contribution in [3.63, 3.8) is 0 Å². The van der Waals surface area contributed by atoms with Gasteiger partial charge in [-0.3, -0.25) is 0 Å². The van der Waals surface area contributed by atoms with Crippen molar-refractivity contribution < 1.29 is 4.74 Å². The summed E-state index contributed by atoms with van der Waals surface area (Å²) in [5, 5.41) is 7.06. The summed E-state index contributed by atoms with van der Waals surface area (Å²) in [5.41, 5.74) is 1.55. The number of hydrogen-bond donors (Lipinski definition) is 2. The van der Waals surface area contributed by atoms with Crippen molar-refractivity contribution in [1.82, 2.24) is 20.5 Å². The Balaban J connectivity index is 0.00000363. The van der Waals surface area contributed by atoms with Gasteiger partial charge in [-0.2, -0.15) is 0 Å². The molecule has 1 aliphatic carbocycles. The number of likely N-dealkylation sites (N-methyl/N-ethyl adjacent to an activating group) is 1. The highest BCUT2D eigenvalue weighted by molar-refractivity contribution is 14.0. The van der Waals surface area contributed by atoms with E-state index in [0.717, 1.165) is 70.7 Å². The van der Waals surface area contributed by atoms with E-state index in [1.807, 2.05) is 6.20 Å². The number of pyridine rings is 1. The average molecular weight is 559 g/mol. The Bertz CT molecular complexity index is 687. The highest BCUT2D eigenvalue weighted by Gasteiger charge is 2.33. The van der Waals surface area contributed by atoms with Crippen molar-refractivity contribution in [2.75, 3.05) is 64.4 Å². The molecule has 3 rings (SSSR count). The summed E-state index contributed by atoms with van der Waals surface area (Å²) in [5.74, 6) is 1.97. The molecule has 0 aromatic carbocycles. The summed E-state index contributed by atoms with van der Waals surface area (Å²) in [7, 11) is 2.18. The fourth-order valence-electron chi connectivity index (χ4n) is 4.62. The molecule has 1 aliphatic heterocycles. The summed E-state index contributed by atoms with van der Waals surface area (Å²) in [6, 6.07) is 4.27. The van der Waals surface area contributed by atoms with Crippen molar-refractivity contribution in [3.05, 3.63) is 23.9 Å². The van der Waals surface area contributed by atoms with Gasteiger partial charge in [0, 0.05) is 58.7 Å². The lowest BCUT2D eigenvalue weighted by Crippen LogP contribution is -2.44. The lowest BCUT2D eigenvalue weighted by molar-refractivity contribution is 0.105. The molecule has 2 aliphatic rings. The topological polar surface area (TPSA) is 65.0 Å². The number of nitrogens with zero attached hydrogens (tertiary/aromatic N) is 4. The molecule has 8 heteroatoms. The zero-order valence-corrected chi connectivity index (χ0v) is 22.6. The second-order valence-electron chi connectivity index (χ2n) is 9.02. The Morgan fingerprint density at radius 2 is 1.91 bits per heavy atom. The Morgan fingerprint density at radius 3 is 2.59 bits per heavy atom. The molecule has 2 heterocycles. The number of anilines is 1. The monoisotopic (exact) mass is 558 g/mol. The average Bonchev–Trinajstić information content (AvgIpc) is 3.26. The molecule has 2 fully saturated rings. The maximum atomic E-state index is 5.66. The molecule has 0 spiro atoms. The minimum atomic E-state index is 0. The van der Waals surface area contributed by atoms with Gasteiger partial charge in [0.25, 0.3) is 0 Å². The van der Waals surface area contributed by atoms with Crippen LogP contribution >= 0.6 is 24.0 Å². The van der Waals surface area contributed by atoms with Crippen LogP contribution < -0.4 is 15.5 Å². The maximum absolute atomic E-state index is 5.66. The van der Waals surface area contributed by atoms with E-state index in [1.165, 1.54) is 31.2 Å². The van der Waals surface area contributed by atoms with Crippen LogP contribution in [0.15, 0.2) is 23.3 Å². The van der Waals surface area contributed by atoms with Gasteiger partial charge in [-0.15, -0.1) is 24.0 Å². The van der Waals surface area contributed by atoms with Crippen LogP contribution in [0.2, 0.25) is 0 Å². The smallest absolute Gasteiger partial charge is 0.191 e. The molecule has 1 aromatic rings. The van der Waals surface area contributed by atoms with Crippen LogP contribution in [0.1, 0.15) is 51.5 Å². The number of ether oxygens (including phenoxy) is 1. The van der Waals surface area contributed by atoms with Crippen LogP contribution in [0.25, 0.3) is 0 Å². The minimum Gasteiger partial charge on any atom is -0.382 e. The number of hydrogen-bond acceptors (Lipinski definition) is 5. The molecule has 1 saturated carbocycles. The number of nitrogens with one attached hydrogen (secondary N) is 2. The number of aliphatic imine (C=N–C) groups is 1. The van der Waals surface area contributed by atoms with Crippen LogP contribution in [0.5, 0.6) is 0 Å². The van der Waals surface area contributed by atoms with Gasteiger partial charge in [-0.05, 0) is 63.3 Å². The third kappa shape index (κ3) is 8.33. The number of halogens is 1. The van der Waals surface area contributed by atoms with Crippen molar-refractivity contribution in [2.45, 2.75) is 52.5 Å². The molecule has 2 N–H and O–H groups in total. The molecular formula is C24H43IN6O. The first-order chi connectivity index (χ1) is 15.1. The summed E-state index contributed by atoms with van der Waals surface area (Å²) in [6.45, 7) is 12.6. The highest BCUT2D eigenvalue weighted by Crippen LogP contribution is 2.40. The zero-order chi connectivity index (χ0) is 21.9. The van der Waals surface area contributed by atoms with Gasteiger partial charge in [-0.1, -0.05) is 12.8 Å². The second-order valence-corrected chi connectivity index (χ2v) is 9.02. The van der Waals surface area contributed by atoms with E-state index in [1.54, 1.807) is 0 Å². The molecular weight excluding hydrogens is 515 g/mol. The summed E-state index contributed by atoms with van der Waals surface area (Å²) < 4.78 is 5.66. The van der Waals surface area contributed by atoms with E-state index < -0.39 is 0 Å². The van der Waals surface area contributed by atoms with Crippen molar-refractivity contribution in [1.29, 1.82) is 0 Å². The quantitative estimate of drug-likeness (QED) is 0.199. The molecule has 0 unspecified atom stereocenters. The first-order valence-electron chi connectivity index (χ1n) is 12.1. The molecule has 0 atom stereocenters. The van der Waals surface area contributed by atoms with Crippen LogP contribution in [-0.2, 0) is 11.3 Å². The lowest BCUT2D eigenvalue weighted by atomic mass is 9.83. The molecule has 7 nitrogen and oxygen atoms in total. The van der Waals surface area contributed by atoms with Crippen molar-refractivity contribution in [2.24, 2.45) is 10.4 Å². The summed E-state index contributed by atoms with van der Waals surface area (Å²) >= 11 is 0. The Hall–Kier alpha value is -1.13. The van der Waals surface area contributed by atoms with Gasteiger partial charge >= 0.3 is 0 Å². The third-order valence-corrected chi connectivity index (χ3v) is 6.68. The van der Waals surface area contributed by atoms with Crippen molar-refractivity contribution in [3.8, 4) is 0 Å². The summed E-state index contributed by atoms with van der Waals surface area (Å²) in [4.78, 5) is 14.2. The predicted molar refractivity (Wildman–Crippen MR) is 144 cm³/mol. The number of piperazine rings is 1. The van der Waals surface area contributed by atoms with E-state index in [2.05, 4.69) is 58.4 Å². The molecule has 0 radical (unpaired) electrons. The van der Waals surface area contributed by atoms with Crippen LogP contribution in [-0.4, -0.2) is 75.4 Å². The van der Waals surface area contributed by atoms with E-state index in [9.17, 15) is 0 Å².